The van der Waals surface area contributed by atoms with Crippen molar-refractivity contribution in [2.24, 2.45) is 5.41 Å². The van der Waals surface area contributed by atoms with Gasteiger partial charge in [-0.05, 0) is 53.9 Å². The van der Waals surface area contributed by atoms with Gasteiger partial charge >= 0.3 is 0 Å². The Labute approximate surface area is 121 Å². The van der Waals surface area contributed by atoms with Gasteiger partial charge in [0.15, 0.2) is 0 Å². The standard InChI is InChI=1S/C14H18BrN3O/c15-10-3-2-7-16-11(10)9-18-13(19)14-5-1-4-12(14)17-8-6-14/h2-3,7,12,17H,1,4-6,8-9H2,(H,18,19)/t12-,14+/m1/s1. The van der Waals surface area contributed by atoms with Crippen molar-refractivity contribution in [3.8, 4) is 0 Å². The molecule has 0 radical (unpaired) electrons. The van der Waals surface area contributed by atoms with Crippen LogP contribution in [0.3, 0.4) is 0 Å². The molecule has 3 rings (SSSR count). The maximum absolute atomic E-state index is 12.5. The number of nitrogens with zero attached hydrogens (tertiary/aromatic N) is 1. The number of hydrogen-bond acceptors (Lipinski definition) is 3. The number of carbonyl (C=O) groups excluding carboxylic acids is 1. The third kappa shape index (κ3) is 2.30. The zero-order chi connectivity index (χ0) is 13.3. The number of aromatic nitrogens is 1. The summed E-state index contributed by atoms with van der Waals surface area (Å²) in [5.41, 5.74) is 0.717. The van der Waals surface area contributed by atoms with Crippen LogP contribution in [0.2, 0.25) is 0 Å². The van der Waals surface area contributed by atoms with Crippen LogP contribution in [0.25, 0.3) is 0 Å². The maximum atomic E-state index is 12.5. The van der Waals surface area contributed by atoms with Crippen LogP contribution in [0.15, 0.2) is 22.8 Å². The summed E-state index contributed by atoms with van der Waals surface area (Å²) in [5.74, 6) is 0.192. The fourth-order valence-corrected chi connectivity index (χ4v) is 3.81. The first-order chi connectivity index (χ1) is 9.22. The van der Waals surface area contributed by atoms with Crippen LogP contribution < -0.4 is 10.6 Å². The highest BCUT2D eigenvalue weighted by atomic mass is 79.9. The van der Waals surface area contributed by atoms with E-state index in [0.717, 1.165) is 42.4 Å². The molecule has 5 heteroatoms. The molecular formula is C14H18BrN3O. The molecule has 0 aromatic carbocycles. The molecule has 2 N–H and O–H groups in total. The number of amides is 1. The Morgan fingerprint density at radius 1 is 1.58 bits per heavy atom. The van der Waals surface area contributed by atoms with Crippen LogP contribution in [-0.2, 0) is 11.3 Å². The summed E-state index contributed by atoms with van der Waals surface area (Å²) in [6, 6.07) is 4.20. The Morgan fingerprint density at radius 2 is 2.47 bits per heavy atom. The molecule has 1 aliphatic carbocycles. The van der Waals surface area contributed by atoms with E-state index in [-0.39, 0.29) is 11.3 Å². The fraction of sp³-hybridized carbons (Fsp3) is 0.571. The molecule has 4 nitrogen and oxygen atoms in total. The molecule has 2 atom stereocenters. The van der Waals surface area contributed by atoms with Gasteiger partial charge in [-0.1, -0.05) is 6.42 Å². The Bertz CT molecular complexity index is 481. The molecule has 19 heavy (non-hydrogen) atoms. The molecule has 1 aromatic heterocycles. The minimum absolute atomic E-state index is 0.165. The molecule has 1 aromatic rings. The molecule has 2 fully saturated rings. The van der Waals surface area contributed by atoms with Crippen LogP contribution in [0, 0.1) is 5.41 Å². The maximum Gasteiger partial charge on any atom is 0.228 e. The van der Waals surface area contributed by atoms with Crippen LogP contribution in [0.5, 0.6) is 0 Å². The van der Waals surface area contributed by atoms with E-state index < -0.39 is 0 Å². The van der Waals surface area contributed by atoms with Crippen molar-refractivity contribution in [3.63, 3.8) is 0 Å². The van der Waals surface area contributed by atoms with Crippen LogP contribution in [0.1, 0.15) is 31.4 Å². The van der Waals surface area contributed by atoms with Crippen molar-refractivity contribution >= 4 is 21.8 Å². The lowest BCUT2D eigenvalue weighted by atomic mass is 9.81. The van der Waals surface area contributed by atoms with Gasteiger partial charge in [0.05, 0.1) is 17.7 Å². The third-order valence-electron chi connectivity index (χ3n) is 4.45. The van der Waals surface area contributed by atoms with Gasteiger partial charge in [-0.25, -0.2) is 0 Å². The van der Waals surface area contributed by atoms with Crippen LogP contribution in [0.4, 0.5) is 0 Å². The molecule has 1 saturated carbocycles. The van der Waals surface area contributed by atoms with Crippen molar-refractivity contribution < 1.29 is 4.79 Å². The summed E-state index contributed by atoms with van der Waals surface area (Å²) in [6.45, 7) is 1.46. The molecule has 102 valence electrons. The first kappa shape index (κ1) is 13.1. The monoisotopic (exact) mass is 323 g/mol. The fourth-order valence-electron chi connectivity index (χ4n) is 3.41. The Balaban J connectivity index is 1.67. The molecule has 1 aliphatic heterocycles. The summed E-state index contributed by atoms with van der Waals surface area (Å²) >= 11 is 3.46. The second-order valence-electron chi connectivity index (χ2n) is 5.42. The predicted molar refractivity (Wildman–Crippen MR) is 76.5 cm³/mol. The quantitative estimate of drug-likeness (QED) is 0.894. The largest absolute Gasteiger partial charge is 0.350 e. The lowest BCUT2D eigenvalue weighted by Crippen LogP contribution is -2.45. The van der Waals surface area contributed by atoms with Crippen molar-refractivity contribution in [2.75, 3.05) is 6.54 Å². The molecule has 0 spiro atoms. The normalized spacial score (nSPS) is 29.2. The van der Waals surface area contributed by atoms with Gasteiger partial charge in [0.25, 0.3) is 0 Å². The molecule has 1 amide bonds. The van der Waals surface area contributed by atoms with E-state index in [9.17, 15) is 4.79 Å². The van der Waals surface area contributed by atoms with Crippen LogP contribution in [-0.4, -0.2) is 23.5 Å². The van der Waals surface area contributed by atoms with E-state index in [1.165, 1.54) is 0 Å². The summed E-state index contributed by atoms with van der Waals surface area (Å²) in [4.78, 5) is 16.8. The number of fused-ring (bicyclic) bond motifs is 1. The third-order valence-corrected chi connectivity index (χ3v) is 5.17. The zero-order valence-electron chi connectivity index (χ0n) is 10.8. The average molecular weight is 324 g/mol. The van der Waals surface area contributed by atoms with E-state index in [1.807, 2.05) is 12.1 Å². The van der Waals surface area contributed by atoms with Gasteiger partial charge < -0.3 is 10.6 Å². The van der Waals surface area contributed by atoms with E-state index in [1.54, 1.807) is 6.20 Å². The first-order valence-electron chi connectivity index (χ1n) is 6.83. The highest BCUT2D eigenvalue weighted by Gasteiger charge is 2.51. The molecular weight excluding hydrogens is 306 g/mol. The Kier molecular flexibility index (Phi) is 3.58. The molecule has 2 aliphatic rings. The van der Waals surface area contributed by atoms with Gasteiger partial charge in [-0.3, -0.25) is 9.78 Å². The first-order valence-corrected chi connectivity index (χ1v) is 7.63. The van der Waals surface area contributed by atoms with Crippen molar-refractivity contribution in [1.29, 1.82) is 0 Å². The van der Waals surface area contributed by atoms with Gasteiger partial charge in [0.1, 0.15) is 0 Å². The second kappa shape index (κ2) is 5.21. The van der Waals surface area contributed by atoms with E-state index in [2.05, 4.69) is 31.5 Å². The average Bonchev–Trinajstić information content (AvgIpc) is 2.97. The van der Waals surface area contributed by atoms with Crippen LogP contribution >= 0.6 is 15.9 Å². The minimum Gasteiger partial charge on any atom is -0.350 e. The summed E-state index contributed by atoms with van der Waals surface area (Å²) in [6.07, 6.45) is 6.01. The SMILES string of the molecule is O=C(NCc1ncccc1Br)[C@]12CCC[C@H]1NCC2. The lowest BCUT2D eigenvalue weighted by Gasteiger charge is -2.27. The number of nitrogens with one attached hydrogen (secondary N) is 2. The second-order valence-corrected chi connectivity index (χ2v) is 6.27. The lowest BCUT2D eigenvalue weighted by molar-refractivity contribution is -0.131. The number of carbonyl (C=O) groups is 1. The Morgan fingerprint density at radius 3 is 3.32 bits per heavy atom. The predicted octanol–water partition coefficient (Wildman–Crippen LogP) is 1.99. The minimum atomic E-state index is -0.165. The Hall–Kier alpha value is -0.940. The zero-order valence-corrected chi connectivity index (χ0v) is 12.4. The summed E-state index contributed by atoms with van der Waals surface area (Å²) < 4.78 is 0.945. The van der Waals surface area contributed by atoms with Gasteiger partial charge in [-0.2, -0.15) is 0 Å². The number of halogens is 1. The molecule has 0 unspecified atom stereocenters. The molecule has 1 saturated heterocycles. The molecule has 2 heterocycles. The van der Waals surface area contributed by atoms with E-state index in [0.29, 0.717) is 12.6 Å². The van der Waals surface area contributed by atoms with Crippen molar-refractivity contribution in [3.05, 3.63) is 28.5 Å². The van der Waals surface area contributed by atoms with Gasteiger partial charge in [-0.15, -0.1) is 0 Å². The van der Waals surface area contributed by atoms with Gasteiger partial charge in [0, 0.05) is 16.7 Å². The number of pyridine rings is 1. The smallest absolute Gasteiger partial charge is 0.228 e. The topological polar surface area (TPSA) is 54.0 Å². The van der Waals surface area contributed by atoms with Crippen molar-refractivity contribution in [1.82, 2.24) is 15.6 Å². The van der Waals surface area contributed by atoms with Crippen molar-refractivity contribution in [2.45, 2.75) is 38.3 Å². The number of hydrogen-bond donors (Lipinski definition) is 2. The number of rotatable bonds is 3. The van der Waals surface area contributed by atoms with E-state index >= 15 is 0 Å². The summed E-state index contributed by atoms with van der Waals surface area (Å²) in [5, 5.41) is 6.54. The highest BCUT2D eigenvalue weighted by molar-refractivity contribution is 9.10. The summed E-state index contributed by atoms with van der Waals surface area (Å²) in [7, 11) is 0. The highest BCUT2D eigenvalue weighted by Crippen LogP contribution is 2.44. The van der Waals surface area contributed by atoms with Gasteiger partial charge in [0.2, 0.25) is 5.91 Å². The van der Waals surface area contributed by atoms with E-state index in [4.69, 9.17) is 0 Å². The molecule has 0 bridgehead atoms.